The average molecular weight is 406 g/mol. The fourth-order valence-electron chi connectivity index (χ4n) is 0. The van der Waals surface area contributed by atoms with E-state index in [2.05, 4.69) is 0 Å². The van der Waals surface area contributed by atoms with E-state index in [-0.39, 0.29) is 108 Å². The quantitative estimate of drug-likeness (QED) is 0.465. The predicted molar refractivity (Wildman–Crippen MR) is 11.5 cm³/mol. The maximum Gasteiger partial charge on any atom is 0 e. The second-order valence-electron chi connectivity index (χ2n) is 0. The fourth-order valence-corrected chi connectivity index (χ4v) is 0. The van der Waals surface area contributed by atoms with Gasteiger partial charge < -0.3 is 0 Å². The van der Waals surface area contributed by atoms with Crippen LogP contribution in [0.15, 0.2) is 0 Å². The molecule has 0 nitrogen and oxygen atoms in total. The Morgan fingerprint density at radius 2 is 1.00 bits per heavy atom. The number of hydrogen-bond donors (Lipinski definition) is 0. The zero-order valence-corrected chi connectivity index (χ0v) is 10.7. The minimum absolute atomic E-state index is 0. The molecule has 0 atom stereocenters. The van der Waals surface area contributed by atoms with E-state index in [0.717, 1.165) is 0 Å². The average Bonchev–Trinajstić information content (AvgIpc) is 0. The first-order valence-electron chi connectivity index (χ1n) is 0. The zero-order valence-electron chi connectivity index (χ0n) is 1.94. The molecule has 0 aliphatic rings. The van der Waals surface area contributed by atoms with Crippen molar-refractivity contribution in [3.8, 4) is 0 Å². The molecule has 4 heavy (non-hydrogen) atoms. The van der Waals surface area contributed by atoms with Gasteiger partial charge in [-0.3, -0.25) is 0 Å². The van der Waals surface area contributed by atoms with E-state index in [9.17, 15) is 0 Å². The Balaban J connectivity index is 0. The third kappa shape index (κ3) is 9.10. The fraction of sp³-hybridized carbons (Fsp3) is 0. The molecule has 0 amide bonds. The summed E-state index contributed by atoms with van der Waals surface area (Å²) in [5.41, 5.74) is 0. The van der Waals surface area contributed by atoms with Crippen molar-refractivity contribution >= 4 is 35.0 Å². The van der Waals surface area contributed by atoms with Crippen LogP contribution < -0.4 is 0 Å². The Bertz CT molecular complexity index is 8.00. The van der Waals surface area contributed by atoms with Crippen molar-refractivity contribution in [2.45, 2.75) is 0 Å². The first-order valence-corrected chi connectivity index (χ1v) is 0. The van der Waals surface area contributed by atoms with Crippen molar-refractivity contribution in [2.75, 3.05) is 0 Å². The van der Waals surface area contributed by atoms with Crippen LogP contribution in [-0.2, 0) is 0 Å². The molecule has 0 saturated carbocycles. The first kappa shape index (κ1) is 25.8. The molecule has 0 saturated heterocycles. The molecular formula is AlErGeLa. The van der Waals surface area contributed by atoms with E-state index < -0.39 is 0 Å². The van der Waals surface area contributed by atoms with Gasteiger partial charge in [0, 0.05) is 108 Å². The maximum atomic E-state index is 0. The van der Waals surface area contributed by atoms with Gasteiger partial charge in [-0.15, -0.1) is 0 Å². The Morgan fingerprint density at radius 3 is 1.00 bits per heavy atom. The molecule has 0 aromatic heterocycles. The third-order valence-corrected chi connectivity index (χ3v) is 0. The van der Waals surface area contributed by atoms with Gasteiger partial charge in [-0.25, -0.2) is 0 Å². The van der Waals surface area contributed by atoms with Crippen molar-refractivity contribution in [3.63, 3.8) is 0 Å². The summed E-state index contributed by atoms with van der Waals surface area (Å²) in [5, 5.41) is 0. The molecule has 0 aliphatic carbocycles. The molecule has 22 valence electrons. The van der Waals surface area contributed by atoms with Crippen molar-refractivity contribution in [1.82, 2.24) is 0 Å². The van der Waals surface area contributed by atoms with Crippen molar-refractivity contribution in [2.24, 2.45) is 0 Å². The van der Waals surface area contributed by atoms with Gasteiger partial charge in [-0.05, 0) is 0 Å². The van der Waals surface area contributed by atoms with Crippen molar-refractivity contribution < 1.29 is 72.9 Å². The minimum atomic E-state index is 0. The number of hydrogen-bond acceptors (Lipinski definition) is 0. The van der Waals surface area contributed by atoms with Crippen LogP contribution >= 0.6 is 0 Å². The van der Waals surface area contributed by atoms with E-state index in [4.69, 9.17) is 0 Å². The van der Waals surface area contributed by atoms with Gasteiger partial charge >= 0.3 is 0 Å². The third-order valence-electron chi connectivity index (χ3n) is 0. The number of rotatable bonds is 0. The Morgan fingerprint density at radius 1 is 1.00 bits per heavy atom. The summed E-state index contributed by atoms with van der Waals surface area (Å²) >= 11 is 0. The normalized spacial score (nSPS) is 0. The molecule has 0 aromatic rings. The second-order valence-corrected chi connectivity index (χ2v) is 0. The molecule has 0 heterocycles. The summed E-state index contributed by atoms with van der Waals surface area (Å²) < 4.78 is 0. The first-order chi connectivity index (χ1) is 0. The van der Waals surface area contributed by atoms with Gasteiger partial charge in [0.25, 0.3) is 0 Å². The van der Waals surface area contributed by atoms with Gasteiger partial charge in [0.1, 0.15) is 0 Å². The molecular weight excluding hydrogens is 406 g/mol. The van der Waals surface area contributed by atoms with Gasteiger partial charge in [0.2, 0.25) is 0 Å². The molecule has 0 unspecified atom stereocenters. The monoisotopic (exact) mass is 406 g/mol. The van der Waals surface area contributed by atoms with Crippen LogP contribution in [0.25, 0.3) is 0 Å². The van der Waals surface area contributed by atoms with E-state index in [1.807, 2.05) is 0 Å². The smallest absolute Gasteiger partial charge is 0 e. The van der Waals surface area contributed by atoms with E-state index in [1.165, 1.54) is 0 Å². The van der Waals surface area contributed by atoms with Crippen LogP contribution in [0.1, 0.15) is 0 Å². The molecule has 0 rings (SSSR count). The molecule has 0 aromatic carbocycles. The van der Waals surface area contributed by atoms with Crippen LogP contribution in [0.2, 0.25) is 0 Å². The molecule has 0 spiro atoms. The SMILES string of the molecule is [Al].[Er].[Ge].[La]. The molecule has 0 bridgehead atoms. The van der Waals surface area contributed by atoms with Crippen LogP contribution in [0.4, 0.5) is 0 Å². The van der Waals surface area contributed by atoms with Crippen molar-refractivity contribution in [1.29, 1.82) is 0 Å². The van der Waals surface area contributed by atoms with Gasteiger partial charge in [-0.1, -0.05) is 0 Å². The minimum Gasteiger partial charge on any atom is 0 e. The predicted octanol–water partition coefficient (Wildman–Crippen LogP) is -0.762. The van der Waals surface area contributed by atoms with Crippen molar-refractivity contribution in [3.05, 3.63) is 0 Å². The van der Waals surface area contributed by atoms with Gasteiger partial charge in [0.15, 0.2) is 0 Å². The van der Waals surface area contributed by atoms with Gasteiger partial charge in [0.05, 0.1) is 0 Å². The summed E-state index contributed by atoms with van der Waals surface area (Å²) in [6, 6.07) is 0. The molecule has 4 heteroatoms. The Hall–Kier alpha value is 3.52. The molecule has 8 radical (unpaired) electrons. The second kappa shape index (κ2) is 16.0. The summed E-state index contributed by atoms with van der Waals surface area (Å²) in [7, 11) is 0. The molecule has 0 aliphatic heterocycles. The van der Waals surface area contributed by atoms with Crippen LogP contribution in [0.3, 0.4) is 0 Å². The topological polar surface area (TPSA) is 0 Å². The van der Waals surface area contributed by atoms with Crippen LogP contribution in [0, 0.1) is 72.9 Å². The van der Waals surface area contributed by atoms with Gasteiger partial charge in [-0.2, -0.15) is 0 Å². The van der Waals surface area contributed by atoms with Crippen LogP contribution in [0.5, 0.6) is 0 Å². The zero-order chi connectivity index (χ0) is 0. The largest absolute Gasteiger partial charge is 0 e. The summed E-state index contributed by atoms with van der Waals surface area (Å²) in [5.74, 6) is 0. The van der Waals surface area contributed by atoms with E-state index >= 15 is 0 Å². The summed E-state index contributed by atoms with van der Waals surface area (Å²) in [6.07, 6.45) is 0. The summed E-state index contributed by atoms with van der Waals surface area (Å²) in [4.78, 5) is 0. The Kier molecular flexibility index (Phi) is 103. The molecule has 0 fully saturated rings. The Labute approximate surface area is 105 Å². The maximum absolute atomic E-state index is 0. The van der Waals surface area contributed by atoms with E-state index in [1.54, 1.807) is 0 Å². The standard InChI is InChI=1S/Al.Er.Ge.La. The van der Waals surface area contributed by atoms with E-state index in [0.29, 0.717) is 0 Å². The summed E-state index contributed by atoms with van der Waals surface area (Å²) in [6.45, 7) is 0. The molecule has 0 N–H and O–H groups in total. The van der Waals surface area contributed by atoms with Crippen LogP contribution in [-0.4, -0.2) is 35.0 Å².